The highest BCUT2D eigenvalue weighted by Crippen LogP contribution is 2.45. The van der Waals surface area contributed by atoms with Gasteiger partial charge in [0.2, 0.25) is 11.8 Å². The van der Waals surface area contributed by atoms with Gasteiger partial charge < -0.3 is 35.4 Å². The van der Waals surface area contributed by atoms with Crippen LogP contribution in [0.2, 0.25) is 25.7 Å². The first-order valence-corrected chi connectivity index (χ1v) is 19.5. The smallest absolute Gasteiger partial charge is 0.408 e. The van der Waals surface area contributed by atoms with Crippen LogP contribution in [-0.4, -0.2) is 101 Å². The van der Waals surface area contributed by atoms with Crippen LogP contribution in [0.4, 0.5) is 9.59 Å². The van der Waals surface area contributed by atoms with E-state index in [0.717, 1.165) is 6.04 Å². The number of ether oxygens (including phenoxy) is 2. The highest BCUT2D eigenvalue weighted by molar-refractivity contribution is 8.00. The number of carbonyl (C=O) groups excluding carboxylic acids is 4. The number of hydrogen-bond acceptors (Lipinski definition) is 8. The molecule has 0 radical (unpaired) electrons. The zero-order valence-corrected chi connectivity index (χ0v) is 28.4. The fraction of sp³-hybridized carbons (Fsp3) is 0.759. The zero-order valence-electron chi connectivity index (χ0n) is 26.6. The number of carboxylic acids is 1. The van der Waals surface area contributed by atoms with E-state index in [4.69, 9.17) is 9.47 Å². The Morgan fingerprint density at radius 1 is 1.16 bits per heavy atom. The lowest BCUT2D eigenvalue weighted by atomic mass is 10.0. The Morgan fingerprint density at radius 3 is 2.44 bits per heavy atom. The van der Waals surface area contributed by atoms with Crippen molar-refractivity contribution >= 4 is 49.8 Å². The average Bonchev–Trinajstić information content (AvgIpc) is 3.37. The first kappa shape index (κ1) is 34.7. The van der Waals surface area contributed by atoms with Crippen molar-refractivity contribution in [2.24, 2.45) is 5.92 Å². The number of amides is 4. The fourth-order valence-electron chi connectivity index (χ4n) is 5.22. The highest BCUT2D eigenvalue weighted by Gasteiger charge is 2.61. The molecule has 1 aliphatic carbocycles. The number of allylic oxidation sites excluding steroid dienone is 1. The summed E-state index contributed by atoms with van der Waals surface area (Å²) in [6, 6.07) is -1.99. The lowest BCUT2D eigenvalue weighted by Gasteiger charge is -2.37. The van der Waals surface area contributed by atoms with E-state index in [-0.39, 0.29) is 31.9 Å². The van der Waals surface area contributed by atoms with Crippen LogP contribution in [0.3, 0.4) is 0 Å². The molecule has 2 aliphatic heterocycles. The number of carboxylic acid groups (broad SMARTS) is 1. The molecule has 4 amide bonds. The minimum absolute atomic E-state index is 0.0172. The van der Waals surface area contributed by atoms with Gasteiger partial charge in [0.25, 0.3) is 0 Å². The average molecular weight is 641 g/mol. The molecule has 0 aromatic heterocycles. The summed E-state index contributed by atoms with van der Waals surface area (Å²) in [4.78, 5) is 67.1. The largest absolute Gasteiger partial charge is 0.479 e. The van der Waals surface area contributed by atoms with Gasteiger partial charge in [-0.15, -0.1) is 0 Å². The van der Waals surface area contributed by atoms with Gasteiger partial charge in [-0.05, 0) is 65.7 Å². The second-order valence-corrected chi connectivity index (χ2v) is 21.7. The van der Waals surface area contributed by atoms with Gasteiger partial charge >= 0.3 is 18.2 Å². The second kappa shape index (κ2) is 13.1. The van der Waals surface area contributed by atoms with Crippen molar-refractivity contribution < 1.29 is 38.6 Å². The van der Waals surface area contributed by atoms with E-state index in [1.807, 2.05) is 26.0 Å². The van der Waals surface area contributed by atoms with E-state index in [1.165, 1.54) is 16.7 Å². The quantitative estimate of drug-likeness (QED) is 0.252. The molecule has 0 unspecified atom stereocenters. The van der Waals surface area contributed by atoms with Gasteiger partial charge in [-0.1, -0.05) is 31.8 Å². The van der Waals surface area contributed by atoms with Crippen LogP contribution in [0.25, 0.3) is 0 Å². The molecule has 14 heteroatoms. The van der Waals surface area contributed by atoms with Gasteiger partial charge in [0.1, 0.15) is 23.2 Å². The molecule has 2 heterocycles. The number of alkyl carbamates (subject to hydrolysis) is 2. The maximum absolute atomic E-state index is 14.3. The Labute approximate surface area is 259 Å². The first-order chi connectivity index (χ1) is 19.7. The first-order valence-electron chi connectivity index (χ1n) is 14.8. The van der Waals surface area contributed by atoms with E-state index >= 15 is 0 Å². The van der Waals surface area contributed by atoms with Crippen LogP contribution in [0.5, 0.6) is 0 Å². The molecule has 12 nitrogen and oxygen atoms in total. The molecule has 3 aliphatic rings. The molecule has 43 heavy (non-hydrogen) atoms. The van der Waals surface area contributed by atoms with Crippen LogP contribution >= 0.6 is 11.8 Å². The summed E-state index contributed by atoms with van der Waals surface area (Å²) in [5.41, 5.74) is -2.25. The fourth-order valence-corrected chi connectivity index (χ4v) is 7.04. The number of nitrogens with one attached hydrogen (secondary N) is 3. The Bertz CT molecular complexity index is 1130. The minimum Gasteiger partial charge on any atom is -0.479 e. The van der Waals surface area contributed by atoms with Crippen molar-refractivity contribution in [3.05, 3.63) is 12.2 Å². The lowest BCUT2D eigenvalue weighted by molar-refractivity contribution is -0.145. The topological polar surface area (TPSA) is 163 Å². The number of fused-ring (bicyclic) bond motifs is 2. The van der Waals surface area contributed by atoms with Crippen molar-refractivity contribution in [3.63, 3.8) is 0 Å². The molecule has 1 saturated heterocycles. The van der Waals surface area contributed by atoms with Gasteiger partial charge in [-0.25, -0.2) is 14.4 Å². The monoisotopic (exact) mass is 640 g/mol. The van der Waals surface area contributed by atoms with E-state index in [2.05, 4.69) is 35.6 Å². The van der Waals surface area contributed by atoms with E-state index in [9.17, 15) is 29.1 Å². The summed E-state index contributed by atoms with van der Waals surface area (Å²) in [6.07, 6.45) is 3.22. The minimum atomic E-state index is -1.45. The normalized spacial score (nSPS) is 29.3. The third-order valence-corrected chi connectivity index (χ3v) is 10.9. The van der Waals surface area contributed by atoms with Crippen molar-refractivity contribution in [2.75, 3.05) is 18.9 Å². The van der Waals surface area contributed by atoms with Crippen molar-refractivity contribution in [1.82, 2.24) is 20.9 Å². The van der Waals surface area contributed by atoms with Gasteiger partial charge in [0.05, 0.1) is 12.6 Å². The Kier molecular flexibility index (Phi) is 10.6. The number of thioether (sulfide) groups is 1. The van der Waals surface area contributed by atoms with Crippen LogP contribution in [0, 0.1) is 5.92 Å². The third-order valence-electron chi connectivity index (χ3n) is 7.77. The molecule has 242 valence electrons. The number of nitrogens with zero attached hydrogens (tertiary/aromatic N) is 1. The predicted octanol–water partition coefficient (Wildman–Crippen LogP) is 3.34. The zero-order chi connectivity index (χ0) is 32.4. The molecule has 3 rings (SSSR count). The number of hydrogen-bond donors (Lipinski definition) is 4. The predicted molar refractivity (Wildman–Crippen MR) is 167 cm³/mol. The third kappa shape index (κ3) is 9.37. The van der Waals surface area contributed by atoms with Gasteiger partial charge in [-0.3, -0.25) is 9.59 Å². The number of aliphatic carboxylic acids is 1. The summed E-state index contributed by atoms with van der Waals surface area (Å²) < 4.78 is 10.0. The van der Waals surface area contributed by atoms with Gasteiger partial charge in [-0.2, -0.15) is 11.8 Å². The number of carbonyl (C=O) groups is 5. The van der Waals surface area contributed by atoms with Crippen LogP contribution in [-0.2, 0) is 23.9 Å². The SMILES string of the molecule is CC(C)(C)OC(=O)N[C@@H]1C(=O)N2C[C@H](NC(=O)OCC[Si](C)(C)C)C[C@H]2C(=O)N[C@]2(C(=O)O)C[C@H]2C=CCCSC1(C)C. The summed E-state index contributed by atoms with van der Waals surface area (Å²) in [7, 11) is -1.43. The molecule has 0 spiro atoms. The van der Waals surface area contributed by atoms with Crippen molar-refractivity contribution in [1.29, 1.82) is 0 Å². The Hall–Kier alpha value is -2.74. The highest BCUT2D eigenvalue weighted by atomic mass is 32.2. The lowest BCUT2D eigenvalue weighted by Crippen LogP contribution is -2.61. The molecule has 1 saturated carbocycles. The Balaban J connectivity index is 1.91. The molecule has 0 aromatic carbocycles. The molecule has 0 bridgehead atoms. The van der Waals surface area contributed by atoms with Gasteiger partial charge in [0, 0.05) is 25.3 Å². The van der Waals surface area contributed by atoms with E-state index < -0.39 is 72.1 Å². The molecule has 5 atom stereocenters. The van der Waals surface area contributed by atoms with Gasteiger partial charge in [0.15, 0.2) is 0 Å². The second-order valence-electron chi connectivity index (χ2n) is 14.4. The van der Waals surface area contributed by atoms with E-state index in [0.29, 0.717) is 12.2 Å². The molecular formula is C29H48N4O8SSi. The molecule has 2 fully saturated rings. The molecule has 0 aromatic rings. The summed E-state index contributed by atoms with van der Waals surface area (Å²) in [6.45, 7) is 15.6. The maximum Gasteiger partial charge on any atom is 0.408 e. The molecule has 4 N–H and O–H groups in total. The number of rotatable bonds is 6. The maximum atomic E-state index is 14.3. The summed E-state index contributed by atoms with van der Waals surface area (Å²) in [5, 5.41) is 18.2. The standard InChI is InChI=1S/C29H48N4O8SSi/c1-27(2,3)41-26(39)31-21-23(35)33-17-19(30-25(38)40-12-14-43(6,7)8)15-20(33)22(34)32-29(24(36)37)16-18(29)11-9-10-13-42-28(21,4)5/h9,11,18-21H,10,12-17H2,1-8H3,(H,30,38)(H,31,39)(H,32,34)(H,36,37)/t18-,19-,20+,21-,29-/m1/s1. The van der Waals surface area contributed by atoms with E-state index in [1.54, 1.807) is 20.8 Å². The molecular weight excluding hydrogens is 592 g/mol. The Morgan fingerprint density at radius 2 is 1.84 bits per heavy atom. The van der Waals surface area contributed by atoms with Crippen LogP contribution in [0.1, 0.15) is 53.9 Å². The van der Waals surface area contributed by atoms with Crippen molar-refractivity contribution in [2.45, 2.75) is 114 Å². The van der Waals surface area contributed by atoms with Crippen molar-refractivity contribution in [3.8, 4) is 0 Å². The summed E-state index contributed by atoms with van der Waals surface area (Å²) in [5.74, 6) is -2.04. The van der Waals surface area contributed by atoms with Crippen LogP contribution in [0.15, 0.2) is 12.2 Å². The van der Waals surface area contributed by atoms with Crippen LogP contribution < -0.4 is 16.0 Å². The summed E-state index contributed by atoms with van der Waals surface area (Å²) >= 11 is 1.48.